The van der Waals surface area contributed by atoms with Gasteiger partial charge >= 0.3 is 0 Å². The van der Waals surface area contributed by atoms with E-state index in [0.29, 0.717) is 11.0 Å². The Hall–Kier alpha value is -1.80. The summed E-state index contributed by atoms with van der Waals surface area (Å²) in [6.07, 6.45) is -0.646. The summed E-state index contributed by atoms with van der Waals surface area (Å²) in [7, 11) is 0. The van der Waals surface area contributed by atoms with Crippen LogP contribution >= 0.6 is 15.9 Å². The molecular weight excluding hydrogens is 330 g/mol. The molecule has 0 radical (unpaired) electrons. The number of ether oxygens (including phenoxy) is 1. The number of nitrogens with two attached hydrogens (primary N) is 1. The molecule has 2 rings (SSSR count). The van der Waals surface area contributed by atoms with Gasteiger partial charge in [-0.3, -0.25) is 4.79 Å². The van der Waals surface area contributed by atoms with Crippen molar-refractivity contribution >= 4 is 27.7 Å². The van der Waals surface area contributed by atoms with Crippen LogP contribution in [0.1, 0.15) is 10.4 Å². The van der Waals surface area contributed by atoms with E-state index in [1.165, 1.54) is 11.0 Å². The first-order valence-electron chi connectivity index (χ1n) is 5.89. The summed E-state index contributed by atoms with van der Waals surface area (Å²) in [6.45, 7) is 0.821. The van der Waals surface area contributed by atoms with Crippen LogP contribution in [-0.2, 0) is 4.74 Å². The van der Waals surface area contributed by atoms with Crippen LogP contribution in [0.2, 0.25) is 0 Å². The molecule has 1 heterocycles. The van der Waals surface area contributed by atoms with Gasteiger partial charge in [-0.05, 0) is 18.2 Å². The first-order chi connectivity index (χ1) is 9.52. The van der Waals surface area contributed by atoms with Crippen LogP contribution in [0.3, 0.4) is 0 Å². The fourth-order valence-electron chi connectivity index (χ4n) is 1.93. The third kappa shape index (κ3) is 3.02. The van der Waals surface area contributed by atoms with E-state index in [4.69, 9.17) is 15.7 Å². The summed E-state index contributed by atoms with van der Waals surface area (Å²) in [5.74, 6) is -0.506. The van der Waals surface area contributed by atoms with Crippen molar-refractivity contribution in [1.82, 2.24) is 4.90 Å². The van der Waals surface area contributed by atoms with E-state index in [0.717, 1.165) is 0 Å². The molecule has 1 aromatic rings. The highest BCUT2D eigenvalue weighted by Crippen LogP contribution is 2.24. The second-order valence-corrected chi connectivity index (χ2v) is 5.21. The van der Waals surface area contributed by atoms with Crippen molar-refractivity contribution in [2.45, 2.75) is 6.10 Å². The lowest BCUT2D eigenvalue weighted by Gasteiger charge is -2.32. The Morgan fingerprint density at radius 3 is 3.00 bits per heavy atom. The lowest BCUT2D eigenvalue weighted by Crippen LogP contribution is -2.50. The third-order valence-corrected chi connectivity index (χ3v) is 3.48. The van der Waals surface area contributed by atoms with E-state index in [1.54, 1.807) is 12.1 Å². The number of carbonyl (C=O) groups excluding carboxylic acids is 1. The summed E-state index contributed by atoms with van der Waals surface area (Å²) in [5, 5.41) is 21.3. The average molecular weight is 344 g/mol. The first-order valence-corrected chi connectivity index (χ1v) is 6.69. The predicted molar refractivity (Wildman–Crippen MR) is 74.9 cm³/mol. The zero-order chi connectivity index (χ0) is 14.7. The largest absolute Gasteiger partial charge is 0.507 e. The molecule has 7 nitrogen and oxygen atoms in total. The van der Waals surface area contributed by atoms with E-state index in [9.17, 15) is 9.90 Å². The Morgan fingerprint density at radius 1 is 1.55 bits per heavy atom. The van der Waals surface area contributed by atoms with Gasteiger partial charge < -0.3 is 25.7 Å². The van der Waals surface area contributed by atoms with Gasteiger partial charge in [0.2, 0.25) is 0 Å². The van der Waals surface area contributed by atoms with Crippen LogP contribution in [0.4, 0.5) is 0 Å². The minimum atomic E-state index is -0.646. The Kier molecular flexibility index (Phi) is 4.46. The topological polar surface area (TPSA) is 108 Å². The molecule has 0 spiro atoms. The molecule has 0 bridgehead atoms. The number of hydrogen-bond acceptors (Lipinski definition) is 5. The number of amidine groups is 1. The summed E-state index contributed by atoms with van der Waals surface area (Å²) in [4.78, 5) is 13.9. The quantitative estimate of drug-likeness (QED) is 0.317. The van der Waals surface area contributed by atoms with Crippen LogP contribution < -0.4 is 5.73 Å². The molecular formula is C12H14BrN3O4. The highest BCUT2D eigenvalue weighted by Gasteiger charge is 2.28. The maximum absolute atomic E-state index is 12.4. The maximum atomic E-state index is 12.4. The smallest absolute Gasteiger partial charge is 0.257 e. The summed E-state index contributed by atoms with van der Waals surface area (Å²) in [5.41, 5.74) is 5.68. The van der Waals surface area contributed by atoms with Crippen molar-refractivity contribution < 1.29 is 19.8 Å². The number of morpholine rings is 1. The molecule has 0 aliphatic carbocycles. The van der Waals surface area contributed by atoms with E-state index < -0.39 is 6.10 Å². The average Bonchev–Trinajstić information content (AvgIpc) is 2.48. The number of phenols is 1. The van der Waals surface area contributed by atoms with Gasteiger partial charge in [0, 0.05) is 11.0 Å². The lowest BCUT2D eigenvalue weighted by atomic mass is 10.1. The number of carbonyl (C=O) groups is 1. The van der Waals surface area contributed by atoms with E-state index in [-0.39, 0.29) is 36.2 Å². The van der Waals surface area contributed by atoms with Gasteiger partial charge in [-0.15, -0.1) is 0 Å². The fraction of sp³-hybridized carbons (Fsp3) is 0.333. The third-order valence-electron chi connectivity index (χ3n) is 2.99. The maximum Gasteiger partial charge on any atom is 0.257 e. The van der Waals surface area contributed by atoms with Crippen molar-refractivity contribution in [1.29, 1.82) is 0 Å². The highest BCUT2D eigenvalue weighted by atomic mass is 79.9. The molecule has 1 aliphatic rings. The zero-order valence-corrected chi connectivity index (χ0v) is 12.1. The summed E-state index contributed by atoms with van der Waals surface area (Å²) in [6, 6.07) is 4.63. The number of hydrogen-bond donors (Lipinski definition) is 3. The van der Waals surface area contributed by atoms with Crippen LogP contribution in [-0.4, -0.2) is 52.8 Å². The SMILES string of the molecule is N/C(=N/O)C1CN(C(=O)c2cc(Br)ccc2O)CCO1. The van der Waals surface area contributed by atoms with Crippen molar-refractivity contribution in [2.75, 3.05) is 19.7 Å². The lowest BCUT2D eigenvalue weighted by molar-refractivity contribution is 0.00662. The van der Waals surface area contributed by atoms with E-state index in [2.05, 4.69) is 21.1 Å². The van der Waals surface area contributed by atoms with Gasteiger partial charge in [0.15, 0.2) is 5.84 Å². The number of aromatic hydroxyl groups is 1. The molecule has 108 valence electrons. The van der Waals surface area contributed by atoms with Gasteiger partial charge in [0.25, 0.3) is 5.91 Å². The van der Waals surface area contributed by atoms with Crippen LogP contribution in [0.15, 0.2) is 27.8 Å². The van der Waals surface area contributed by atoms with E-state index in [1.807, 2.05) is 0 Å². The number of benzene rings is 1. The minimum absolute atomic E-state index is 0.0824. The Bertz CT molecular complexity index is 550. The molecule has 8 heteroatoms. The van der Waals surface area contributed by atoms with Crippen molar-refractivity contribution in [3.8, 4) is 5.75 Å². The van der Waals surface area contributed by atoms with E-state index >= 15 is 0 Å². The molecule has 1 amide bonds. The standard InChI is InChI=1S/C12H14BrN3O4/c13-7-1-2-9(17)8(5-7)12(18)16-3-4-20-10(6-16)11(14)15-19/h1-2,5,10,17,19H,3-4,6H2,(H2,14,15). The number of rotatable bonds is 2. The number of oxime groups is 1. The molecule has 1 fully saturated rings. The molecule has 1 atom stereocenters. The van der Waals surface area contributed by atoms with Crippen LogP contribution in [0.25, 0.3) is 0 Å². The molecule has 0 saturated carbocycles. The van der Waals surface area contributed by atoms with Gasteiger partial charge in [-0.2, -0.15) is 0 Å². The Balaban J connectivity index is 2.18. The van der Waals surface area contributed by atoms with Crippen molar-refractivity contribution in [2.24, 2.45) is 10.9 Å². The van der Waals surface area contributed by atoms with Crippen molar-refractivity contribution in [3.63, 3.8) is 0 Å². The predicted octanol–water partition coefficient (Wildman–Crippen LogP) is 0.742. The van der Waals surface area contributed by atoms with Gasteiger partial charge in [0.1, 0.15) is 11.9 Å². The zero-order valence-electron chi connectivity index (χ0n) is 10.5. The van der Waals surface area contributed by atoms with Gasteiger partial charge in [0.05, 0.1) is 18.7 Å². The molecule has 1 aliphatic heterocycles. The molecule has 1 unspecified atom stereocenters. The van der Waals surface area contributed by atoms with Crippen LogP contribution in [0.5, 0.6) is 5.75 Å². The number of nitrogens with zero attached hydrogens (tertiary/aromatic N) is 2. The Labute approximate surface area is 123 Å². The van der Waals surface area contributed by atoms with Crippen LogP contribution in [0, 0.1) is 0 Å². The number of amides is 1. The Morgan fingerprint density at radius 2 is 2.30 bits per heavy atom. The second kappa shape index (κ2) is 6.10. The first kappa shape index (κ1) is 14.6. The summed E-state index contributed by atoms with van der Waals surface area (Å²) < 4.78 is 6.01. The minimum Gasteiger partial charge on any atom is -0.507 e. The summed E-state index contributed by atoms with van der Waals surface area (Å²) >= 11 is 3.26. The molecule has 1 saturated heterocycles. The second-order valence-electron chi connectivity index (χ2n) is 4.30. The number of phenolic OH excluding ortho intramolecular Hbond substituents is 1. The fourth-order valence-corrected chi connectivity index (χ4v) is 2.29. The molecule has 4 N–H and O–H groups in total. The monoisotopic (exact) mass is 343 g/mol. The van der Waals surface area contributed by atoms with Crippen molar-refractivity contribution in [3.05, 3.63) is 28.2 Å². The van der Waals surface area contributed by atoms with Gasteiger partial charge in [-0.25, -0.2) is 0 Å². The molecule has 20 heavy (non-hydrogen) atoms. The molecule has 0 aromatic heterocycles. The number of halogens is 1. The highest BCUT2D eigenvalue weighted by molar-refractivity contribution is 9.10. The normalized spacial score (nSPS) is 19.9. The van der Waals surface area contributed by atoms with Gasteiger partial charge in [-0.1, -0.05) is 21.1 Å². The molecule has 1 aromatic carbocycles.